The fourth-order valence-corrected chi connectivity index (χ4v) is 7.46. The minimum absolute atomic E-state index is 0.185. The molecule has 0 aromatic heterocycles. The molecule has 0 unspecified atom stereocenters. The highest BCUT2D eigenvalue weighted by atomic mass is 16.8. The number of rotatable bonds is 14. The molecule has 15 heteroatoms. The highest BCUT2D eigenvalue weighted by molar-refractivity contribution is 5.91. The summed E-state index contributed by atoms with van der Waals surface area (Å²) in [5.41, 5.74) is 1.51. The van der Waals surface area contributed by atoms with Crippen LogP contribution in [0.4, 0.5) is 0 Å². The lowest BCUT2D eigenvalue weighted by molar-refractivity contribution is -0.329. The average Bonchev–Trinajstić information content (AvgIpc) is 3.60. The Balaban J connectivity index is 1.21. The third-order valence-electron chi connectivity index (χ3n) is 10.3. The molecule has 61 heavy (non-hydrogen) atoms. The molecule has 0 saturated carbocycles. The number of benzene rings is 4. The van der Waals surface area contributed by atoms with E-state index in [0.717, 1.165) is 5.56 Å². The second-order valence-corrected chi connectivity index (χ2v) is 15.2. The van der Waals surface area contributed by atoms with Gasteiger partial charge in [-0.25, -0.2) is 14.4 Å². The maximum atomic E-state index is 13.9. The zero-order valence-corrected chi connectivity index (χ0v) is 34.4. The lowest BCUT2D eigenvalue weighted by Crippen LogP contribution is -2.68. The molecule has 1 N–H and O–H groups in total. The van der Waals surface area contributed by atoms with Crippen LogP contribution in [0.25, 0.3) is 0 Å². The van der Waals surface area contributed by atoms with Crippen molar-refractivity contribution < 1.29 is 66.5 Å². The predicted molar refractivity (Wildman–Crippen MR) is 215 cm³/mol. The van der Waals surface area contributed by atoms with Crippen molar-refractivity contribution in [3.8, 4) is 5.75 Å². The number of carbonyl (C=O) groups is 4. The summed E-state index contributed by atoms with van der Waals surface area (Å²) in [5.74, 6) is -3.18. The molecule has 7 rings (SSSR count). The molecule has 0 spiro atoms. The Hall–Kier alpha value is -5.68. The number of hydrogen-bond donors (Lipinski definition) is 1. The van der Waals surface area contributed by atoms with Gasteiger partial charge < -0.3 is 52.7 Å². The van der Waals surface area contributed by atoms with Crippen LogP contribution in [-0.4, -0.2) is 105 Å². The number of fused-ring (bicyclic) bond motifs is 1. The third-order valence-corrected chi connectivity index (χ3v) is 10.3. The summed E-state index contributed by atoms with van der Waals surface area (Å²) in [7, 11) is 1.59. The van der Waals surface area contributed by atoms with E-state index in [0.29, 0.717) is 5.75 Å². The van der Waals surface area contributed by atoms with Gasteiger partial charge in [0.2, 0.25) is 5.91 Å². The zero-order chi connectivity index (χ0) is 43.1. The molecule has 0 aliphatic carbocycles. The smallest absolute Gasteiger partial charge is 0.338 e. The molecular formula is C46H49NO14. The summed E-state index contributed by atoms with van der Waals surface area (Å²) in [5, 5.41) is 2.82. The molecule has 1 amide bonds. The SMILES string of the molecule is COc1ccc(CO[C@@H]2O[C@@H](C)[C@H](O[C@@H]3O[C@H](COC(=O)c4ccccc4)[C@@H](OC(=O)c4ccccc4)[C@H](OC(=O)c4ccccc4)[C@@H]3NC(C)=O)[C@H]3OC(C)(C)O[C@@H]23)cc1. The Labute approximate surface area is 353 Å². The number of nitrogens with one attached hydrogen (secondary N) is 1. The van der Waals surface area contributed by atoms with Crippen LogP contribution in [0, 0.1) is 0 Å². The minimum atomic E-state index is -1.46. The number of methoxy groups -OCH3 is 1. The van der Waals surface area contributed by atoms with Gasteiger partial charge in [-0.1, -0.05) is 66.7 Å². The molecule has 3 aliphatic heterocycles. The lowest BCUT2D eigenvalue weighted by atomic mass is 9.94. The molecule has 10 atom stereocenters. The van der Waals surface area contributed by atoms with E-state index in [1.165, 1.54) is 6.92 Å². The molecule has 4 aromatic carbocycles. The standard InChI is InChI=1S/C46H49NO14/c1-27-36(39-40(61-46(3,4)60-39)45(55-27)54-25-29-21-23-33(52-5)24-22-29)59-44-35(47-28(2)48)38(58-43(51)32-19-13-8-14-20-32)37(57-42(50)31-17-11-7-12-18-31)34(56-44)26-53-41(49)30-15-9-6-10-16-30/h6-24,27,34-40,44-45H,25-26H2,1-5H3,(H,47,48)/t27-,34+,35-,36-,37+,38+,39+,40+,44-,45+/m0/s1. The van der Waals surface area contributed by atoms with Crippen LogP contribution in [-0.2, 0) is 54.0 Å². The van der Waals surface area contributed by atoms with Gasteiger partial charge in [0.1, 0.15) is 42.8 Å². The number of carbonyl (C=O) groups excluding carboxylic acids is 4. The van der Waals surface area contributed by atoms with Gasteiger partial charge in [0.05, 0.1) is 36.5 Å². The van der Waals surface area contributed by atoms with Crippen molar-refractivity contribution in [1.29, 1.82) is 0 Å². The summed E-state index contributed by atoms with van der Waals surface area (Å²) in [4.78, 5) is 54.0. The Kier molecular flexibility index (Phi) is 13.8. The molecule has 15 nitrogen and oxygen atoms in total. The summed E-state index contributed by atoms with van der Waals surface area (Å²) in [6.45, 7) is 6.27. The van der Waals surface area contributed by atoms with E-state index in [1.54, 1.807) is 119 Å². The van der Waals surface area contributed by atoms with Gasteiger partial charge in [0.15, 0.2) is 30.6 Å². The fraction of sp³-hybridized carbons (Fsp3) is 0.391. The molecule has 0 bridgehead atoms. The number of amides is 1. The van der Waals surface area contributed by atoms with Crippen molar-refractivity contribution in [3.63, 3.8) is 0 Å². The maximum absolute atomic E-state index is 13.9. The second kappa shape index (κ2) is 19.4. The van der Waals surface area contributed by atoms with E-state index >= 15 is 0 Å². The molecule has 4 aromatic rings. The first-order chi connectivity index (χ1) is 29.4. The van der Waals surface area contributed by atoms with Gasteiger partial charge in [0.25, 0.3) is 0 Å². The van der Waals surface area contributed by atoms with Gasteiger partial charge in [0, 0.05) is 6.92 Å². The quantitative estimate of drug-likeness (QED) is 0.126. The average molecular weight is 840 g/mol. The van der Waals surface area contributed by atoms with Crippen LogP contribution in [0.3, 0.4) is 0 Å². The van der Waals surface area contributed by atoms with Crippen LogP contribution < -0.4 is 10.1 Å². The van der Waals surface area contributed by atoms with Gasteiger partial charge in [-0.3, -0.25) is 4.79 Å². The fourth-order valence-electron chi connectivity index (χ4n) is 7.46. The normalized spacial score (nSPS) is 27.8. The van der Waals surface area contributed by atoms with Crippen molar-refractivity contribution in [2.45, 2.75) is 101 Å². The first-order valence-electron chi connectivity index (χ1n) is 20.0. The first kappa shape index (κ1) is 43.4. The maximum Gasteiger partial charge on any atom is 0.338 e. The van der Waals surface area contributed by atoms with Gasteiger partial charge in [-0.2, -0.15) is 0 Å². The minimum Gasteiger partial charge on any atom is -0.497 e. The Morgan fingerprint density at radius 2 is 1.20 bits per heavy atom. The number of hydrogen-bond acceptors (Lipinski definition) is 14. The van der Waals surface area contributed by atoms with Crippen molar-refractivity contribution in [1.82, 2.24) is 5.32 Å². The van der Waals surface area contributed by atoms with Crippen LogP contribution in [0.1, 0.15) is 64.3 Å². The van der Waals surface area contributed by atoms with Gasteiger partial charge in [-0.05, 0) is 74.9 Å². The van der Waals surface area contributed by atoms with E-state index in [2.05, 4.69) is 5.32 Å². The Morgan fingerprint density at radius 1 is 0.656 bits per heavy atom. The van der Waals surface area contributed by atoms with Crippen molar-refractivity contribution in [2.24, 2.45) is 0 Å². The van der Waals surface area contributed by atoms with E-state index < -0.39 is 97.6 Å². The second-order valence-electron chi connectivity index (χ2n) is 15.2. The highest BCUT2D eigenvalue weighted by Crippen LogP contribution is 2.41. The molecule has 3 heterocycles. The summed E-state index contributed by atoms with van der Waals surface area (Å²) < 4.78 is 62.1. The molecule has 3 aliphatic rings. The molecule has 3 saturated heterocycles. The largest absolute Gasteiger partial charge is 0.497 e. The van der Waals surface area contributed by atoms with E-state index in [1.807, 2.05) is 24.3 Å². The van der Waals surface area contributed by atoms with Crippen LogP contribution >= 0.6 is 0 Å². The van der Waals surface area contributed by atoms with Crippen LogP contribution in [0.2, 0.25) is 0 Å². The highest BCUT2D eigenvalue weighted by Gasteiger charge is 2.58. The monoisotopic (exact) mass is 839 g/mol. The first-order valence-corrected chi connectivity index (χ1v) is 20.0. The van der Waals surface area contributed by atoms with E-state index in [-0.39, 0.29) is 23.3 Å². The zero-order valence-electron chi connectivity index (χ0n) is 34.4. The van der Waals surface area contributed by atoms with Crippen LogP contribution in [0.5, 0.6) is 5.75 Å². The number of esters is 3. The molecular weight excluding hydrogens is 790 g/mol. The van der Waals surface area contributed by atoms with Crippen molar-refractivity contribution in [2.75, 3.05) is 13.7 Å². The molecule has 322 valence electrons. The summed E-state index contributed by atoms with van der Waals surface area (Å²) >= 11 is 0. The summed E-state index contributed by atoms with van der Waals surface area (Å²) in [6.07, 6.45) is -9.78. The molecule has 0 radical (unpaired) electrons. The van der Waals surface area contributed by atoms with Crippen molar-refractivity contribution in [3.05, 3.63) is 138 Å². The predicted octanol–water partition coefficient (Wildman–Crippen LogP) is 5.40. The topological polar surface area (TPSA) is 173 Å². The lowest BCUT2D eigenvalue weighted by Gasteiger charge is -2.48. The Bertz CT molecular complexity index is 2100. The molecule has 3 fully saturated rings. The number of ether oxygens (including phenoxy) is 10. The van der Waals surface area contributed by atoms with Crippen LogP contribution in [0.15, 0.2) is 115 Å². The van der Waals surface area contributed by atoms with Gasteiger partial charge in [-0.15, -0.1) is 0 Å². The van der Waals surface area contributed by atoms with E-state index in [4.69, 9.17) is 47.4 Å². The Morgan fingerprint density at radius 3 is 1.75 bits per heavy atom. The third kappa shape index (κ3) is 10.6. The van der Waals surface area contributed by atoms with Crippen molar-refractivity contribution >= 4 is 23.8 Å². The summed E-state index contributed by atoms with van der Waals surface area (Å²) in [6, 6.07) is 30.8. The van der Waals surface area contributed by atoms with Gasteiger partial charge >= 0.3 is 17.9 Å². The van der Waals surface area contributed by atoms with E-state index in [9.17, 15) is 19.2 Å².